The Kier molecular flexibility index (Phi) is 4.96. The highest BCUT2D eigenvalue weighted by Gasteiger charge is 2.31. The monoisotopic (exact) mass is 283 g/mol. The second-order valence-electron chi connectivity index (χ2n) is 4.64. The van der Waals surface area contributed by atoms with Crippen molar-refractivity contribution in [2.75, 3.05) is 39.3 Å². The summed E-state index contributed by atoms with van der Waals surface area (Å²) >= 11 is 1.87. The van der Waals surface area contributed by atoms with Gasteiger partial charge in [0.25, 0.3) is 0 Å². The molecule has 1 N–H and O–H groups in total. The fourth-order valence-corrected chi connectivity index (χ4v) is 3.66. The maximum absolute atomic E-state index is 10.7. The van der Waals surface area contributed by atoms with Crippen LogP contribution in [-0.4, -0.2) is 55.4 Å². The quantitative estimate of drug-likeness (QED) is 0.912. The van der Waals surface area contributed by atoms with Gasteiger partial charge in [0.1, 0.15) is 17.6 Å². The molecule has 2 rings (SSSR count). The predicted octanol–water partition coefficient (Wildman–Crippen LogP) is 1.78. The molecule has 1 aromatic carbocycles. The molecule has 2 atom stereocenters. The Morgan fingerprint density at radius 2 is 1.95 bits per heavy atom. The SMILES string of the molecule is COc1cccc(OC)c1C(O)C1CSCCN1C. The molecule has 1 heterocycles. The zero-order chi connectivity index (χ0) is 13.8. The van der Waals surface area contributed by atoms with E-state index in [1.807, 2.05) is 30.0 Å². The number of likely N-dealkylation sites (N-methyl/N-ethyl adjacent to an activating group) is 1. The number of benzene rings is 1. The van der Waals surface area contributed by atoms with Gasteiger partial charge in [-0.3, -0.25) is 4.90 Å². The van der Waals surface area contributed by atoms with Crippen LogP contribution in [0.25, 0.3) is 0 Å². The Hall–Kier alpha value is -0.910. The minimum Gasteiger partial charge on any atom is -0.496 e. The molecule has 1 aliphatic heterocycles. The normalized spacial score (nSPS) is 22.0. The number of aliphatic hydroxyl groups excluding tert-OH is 1. The predicted molar refractivity (Wildman–Crippen MR) is 78.2 cm³/mol. The maximum atomic E-state index is 10.7. The van der Waals surface area contributed by atoms with Crippen LogP contribution in [0.2, 0.25) is 0 Å². The van der Waals surface area contributed by atoms with Gasteiger partial charge in [-0.25, -0.2) is 0 Å². The lowest BCUT2D eigenvalue weighted by Crippen LogP contribution is -2.43. The molecule has 1 aromatic rings. The van der Waals surface area contributed by atoms with Crippen molar-refractivity contribution in [2.24, 2.45) is 0 Å². The summed E-state index contributed by atoms with van der Waals surface area (Å²) in [6.07, 6.45) is -0.608. The third-order valence-electron chi connectivity index (χ3n) is 3.57. The van der Waals surface area contributed by atoms with E-state index in [0.717, 1.165) is 23.6 Å². The number of thioether (sulfide) groups is 1. The molecule has 1 saturated heterocycles. The average Bonchev–Trinajstić information content (AvgIpc) is 2.46. The molecule has 0 spiro atoms. The molecule has 106 valence electrons. The minimum absolute atomic E-state index is 0.0870. The first kappa shape index (κ1) is 14.5. The second-order valence-corrected chi connectivity index (χ2v) is 5.79. The van der Waals surface area contributed by atoms with Gasteiger partial charge in [0.2, 0.25) is 0 Å². The topological polar surface area (TPSA) is 41.9 Å². The van der Waals surface area contributed by atoms with Gasteiger partial charge in [-0.05, 0) is 19.2 Å². The standard InChI is InChI=1S/C14H21NO3S/c1-15-7-8-19-9-10(15)14(16)13-11(17-2)5-4-6-12(13)18-3/h4-6,10,14,16H,7-9H2,1-3H3. The van der Waals surface area contributed by atoms with Crippen molar-refractivity contribution >= 4 is 11.8 Å². The number of nitrogens with zero attached hydrogens (tertiary/aromatic N) is 1. The van der Waals surface area contributed by atoms with Crippen molar-refractivity contribution in [1.29, 1.82) is 0 Å². The summed E-state index contributed by atoms with van der Waals surface area (Å²) in [6.45, 7) is 0.990. The zero-order valence-electron chi connectivity index (χ0n) is 11.6. The summed E-state index contributed by atoms with van der Waals surface area (Å²) in [4.78, 5) is 2.20. The molecular formula is C14H21NO3S. The highest BCUT2D eigenvalue weighted by atomic mass is 32.2. The van der Waals surface area contributed by atoms with Crippen LogP contribution in [-0.2, 0) is 0 Å². The first-order valence-corrected chi connectivity index (χ1v) is 7.51. The number of rotatable bonds is 4. The van der Waals surface area contributed by atoms with E-state index in [1.165, 1.54) is 0 Å². The van der Waals surface area contributed by atoms with Gasteiger partial charge in [-0.1, -0.05) is 6.07 Å². The molecule has 2 unspecified atom stereocenters. The summed E-state index contributed by atoms with van der Waals surface area (Å²) < 4.78 is 10.7. The van der Waals surface area contributed by atoms with Crippen LogP contribution in [0.5, 0.6) is 11.5 Å². The lowest BCUT2D eigenvalue weighted by Gasteiger charge is -2.36. The van der Waals surface area contributed by atoms with E-state index < -0.39 is 6.10 Å². The Balaban J connectivity index is 2.33. The van der Waals surface area contributed by atoms with Gasteiger partial charge in [0.15, 0.2) is 0 Å². The summed E-state index contributed by atoms with van der Waals surface area (Å²) in [5.41, 5.74) is 0.742. The fraction of sp³-hybridized carbons (Fsp3) is 0.571. The third kappa shape index (κ3) is 2.99. The lowest BCUT2D eigenvalue weighted by molar-refractivity contribution is 0.0717. The van der Waals surface area contributed by atoms with Crippen molar-refractivity contribution in [2.45, 2.75) is 12.1 Å². The smallest absolute Gasteiger partial charge is 0.128 e. The summed E-state index contributed by atoms with van der Waals surface area (Å²) in [5.74, 6) is 3.38. The first-order chi connectivity index (χ1) is 9.19. The van der Waals surface area contributed by atoms with Crippen molar-refractivity contribution in [1.82, 2.24) is 4.90 Å². The van der Waals surface area contributed by atoms with Crippen LogP contribution in [0.4, 0.5) is 0 Å². The molecule has 0 amide bonds. The van der Waals surface area contributed by atoms with Gasteiger partial charge >= 0.3 is 0 Å². The van der Waals surface area contributed by atoms with Gasteiger partial charge in [-0.15, -0.1) is 0 Å². The van der Waals surface area contributed by atoms with E-state index in [1.54, 1.807) is 14.2 Å². The lowest BCUT2D eigenvalue weighted by atomic mass is 10.00. The Bertz CT molecular complexity index is 405. The highest BCUT2D eigenvalue weighted by Crippen LogP contribution is 2.38. The number of hydrogen-bond donors (Lipinski definition) is 1. The van der Waals surface area contributed by atoms with Gasteiger partial charge in [-0.2, -0.15) is 11.8 Å². The summed E-state index contributed by atoms with van der Waals surface area (Å²) in [6, 6.07) is 5.67. The number of aliphatic hydroxyl groups is 1. The molecule has 19 heavy (non-hydrogen) atoms. The molecule has 5 heteroatoms. The van der Waals surface area contributed by atoms with Crippen LogP contribution in [0.1, 0.15) is 11.7 Å². The molecule has 0 saturated carbocycles. The van der Waals surface area contributed by atoms with E-state index in [2.05, 4.69) is 11.9 Å². The largest absolute Gasteiger partial charge is 0.496 e. The van der Waals surface area contributed by atoms with Crippen LogP contribution in [0.15, 0.2) is 18.2 Å². The molecule has 1 aliphatic rings. The fourth-order valence-electron chi connectivity index (χ4n) is 2.40. The third-order valence-corrected chi connectivity index (χ3v) is 4.62. The van der Waals surface area contributed by atoms with Crippen molar-refractivity contribution in [3.63, 3.8) is 0 Å². The van der Waals surface area contributed by atoms with Crippen molar-refractivity contribution in [3.05, 3.63) is 23.8 Å². The van der Waals surface area contributed by atoms with E-state index in [0.29, 0.717) is 11.5 Å². The Morgan fingerprint density at radius 3 is 2.47 bits per heavy atom. The molecular weight excluding hydrogens is 262 g/mol. The molecule has 1 fully saturated rings. The van der Waals surface area contributed by atoms with Crippen LogP contribution in [0.3, 0.4) is 0 Å². The molecule has 0 aliphatic carbocycles. The highest BCUT2D eigenvalue weighted by molar-refractivity contribution is 7.99. The summed E-state index contributed by atoms with van der Waals surface area (Å²) in [5, 5.41) is 10.7. The Morgan fingerprint density at radius 1 is 1.32 bits per heavy atom. The maximum Gasteiger partial charge on any atom is 0.128 e. The van der Waals surface area contributed by atoms with E-state index in [9.17, 15) is 5.11 Å². The first-order valence-electron chi connectivity index (χ1n) is 6.36. The zero-order valence-corrected chi connectivity index (χ0v) is 12.4. The molecule has 4 nitrogen and oxygen atoms in total. The van der Waals surface area contributed by atoms with Crippen LogP contribution >= 0.6 is 11.8 Å². The van der Waals surface area contributed by atoms with E-state index >= 15 is 0 Å². The number of methoxy groups -OCH3 is 2. The number of ether oxygens (including phenoxy) is 2. The van der Waals surface area contributed by atoms with E-state index in [-0.39, 0.29) is 6.04 Å². The van der Waals surface area contributed by atoms with E-state index in [4.69, 9.17) is 9.47 Å². The minimum atomic E-state index is -0.608. The molecule has 0 aromatic heterocycles. The molecule has 0 radical (unpaired) electrons. The number of hydrogen-bond acceptors (Lipinski definition) is 5. The van der Waals surface area contributed by atoms with Gasteiger partial charge < -0.3 is 14.6 Å². The van der Waals surface area contributed by atoms with Crippen molar-refractivity contribution in [3.8, 4) is 11.5 Å². The van der Waals surface area contributed by atoms with Gasteiger partial charge in [0.05, 0.1) is 19.8 Å². The van der Waals surface area contributed by atoms with Gasteiger partial charge in [0, 0.05) is 24.1 Å². The second kappa shape index (κ2) is 6.50. The summed E-state index contributed by atoms with van der Waals surface area (Å²) in [7, 11) is 5.28. The van der Waals surface area contributed by atoms with Crippen molar-refractivity contribution < 1.29 is 14.6 Å². The Labute approximate surface area is 118 Å². The van der Waals surface area contributed by atoms with Crippen LogP contribution in [0, 0.1) is 0 Å². The molecule has 0 bridgehead atoms. The average molecular weight is 283 g/mol. The van der Waals surface area contributed by atoms with Crippen LogP contribution < -0.4 is 9.47 Å².